The molecule has 0 radical (unpaired) electrons. The summed E-state index contributed by atoms with van der Waals surface area (Å²) in [5, 5.41) is 13.6. The van der Waals surface area contributed by atoms with Gasteiger partial charge in [-0.2, -0.15) is 0 Å². The Hall–Kier alpha value is -1.31. The highest BCUT2D eigenvalue weighted by atomic mass is 32.1. The van der Waals surface area contributed by atoms with Crippen LogP contribution < -0.4 is 5.32 Å². The van der Waals surface area contributed by atoms with Crippen molar-refractivity contribution in [1.29, 1.82) is 0 Å². The highest BCUT2D eigenvalue weighted by Crippen LogP contribution is 2.15. The van der Waals surface area contributed by atoms with E-state index in [1.807, 2.05) is 32.2 Å². The van der Waals surface area contributed by atoms with Crippen molar-refractivity contribution in [1.82, 2.24) is 5.32 Å². The molecule has 1 heterocycles. The molecule has 0 saturated carbocycles. The van der Waals surface area contributed by atoms with Gasteiger partial charge in [-0.25, -0.2) is 0 Å². The van der Waals surface area contributed by atoms with Crippen LogP contribution in [0.1, 0.15) is 37.6 Å². The van der Waals surface area contributed by atoms with Crippen molar-refractivity contribution in [2.24, 2.45) is 11.8 Å². The Morgan fingerprint density at radius 2 is 2.21 bits per heavy atom. The SMILES string of the molecule is CC(C)C(C)C(=O)NCc1cc(C#CCCO)cs1. The summed E-state index contributed by atoms with van der Waals surface area (Å²) in [6.07, 6.45) is 0.494. The van der Waals surface area contributed by atoms with E-state index in [0.717, 1.165) is 10.4 Å². The third-order valence-corrected chi connectivity index (χ3v) is 3.91. The molecule has 104 valence electrons. The smallest absolute Gasteiger partial charge is 0.223 e. The summed E-state index contributed by atoms with van der Waals surface area (Å²) in [6, 6.07) is 1.98. The number of carbonyl (C=O) groups excluding carboxylic acids is 1. The monoisotopic (exact) mass is 279 g/mol. The Morgan fingerprint density at radius 1 is 1.47 bits per heavy atom. The second-order valence-corrected chi connectivity index (χ2v) is 5.82. The number of aliphatic hydroxyl groups is 1. The first-order valence-corrected chi connectivity index (χ1v) is 7.37. The molecule has 1 unspecified atom stereocenters. The molecule has 1 aromatic rings. The zero-order valence-corrected chi connectivity index (χ0v) is 12.5. The van der Waals surface area contributed by atoms with Crippen molar-refractivity contribution >= 4 is 17.2 Å². The normalized spacial score (nSPS) is 11.8. The fraction of sp³-hybridized carbons (Fsp3) is 0.533. The third-order valence-electron chi connectivity index (χ3n) is 2.97. The van der Waals surface area contributed by atoms with Crippen LogP contribution in [0, 0.1) is 23.7 Å². The molecule has 0 aliphatic heterocycles. The summed E-state index contributed by atoms with van der Waals surface area (Å²) in [4.78, 5) is 12.9. The molecule has 1 rings (SSSR count). The van der Waals surface area contributed by atoms with Crippen molar-refractivity contribution < 1.29 is 9.90 Å². The second-order valence-electron chi connectivity index (χ2n) is 4.83. The number of hydrogen-bond acceptors (Lipinski definition) is 3. The van der Waals surface area contributed by atoms with Crippen LogP contribution in [0.25, 0.3) is 0 Å². The van der Waals surface area contributed by atoms with Gasteiger partial charge in [0.15, 0.2) is 0 Å². The van der Waals surface area contributed by atoms with Crippen molar-refractivity contribution in [2.45, 2.75) is 33.7 Å². The maximum atomic E-state index is 11.8. The Balaban J connectivity index is 2.47. The van der Waals surface area contributed by atoms with Crippen LogP contribution >= 0.6 is 11.3 Å². The molecule has 0 fully saturated rings. The van der Waals surface area contributed by atoms with Crippen LogP contribution in [-0.2, 0) is 11.3 Å². The molecule has 1 atom stereocenters. The molecule has 1 aromatic heterocycles. The average Bonchev–Trinajstić information content (AvgIpc) is 2.83. The molecule has 0 spiro atoms. The summed E-state index contributed by atoms with van der Waals surface area (Å²) in [6.45, 7) is 6.68. The third kappa shape index (κ3) is 5.46. The lowest BCUT2D eigenvalue weighted by molar-refractivity contribution is -0.125. The number of amides is 1. The summed E-state index contributed by atoms with van der Waals surface area (Å²) >= 11 is 1.59. The van der Waals surface area contributed by atoms with Gasteiger partial charge in [-0.3, -0.25) is 4.79 Å². The number of nitrogens with one attached hydrogen (secondary N) is 1. The molecule has 0 bridgehead atoms. The lowest BCUT2D eigenvalue weighted by Gasteiger charge is -2.14. The van der Waals surface area contributed by atoms with E-state index in [1.165, 1.54) is 0 Å². The van der Waals surface area contributed by atoms with Crippen LogP contribution in [0.3, 0.4) is 0 Å². The summed E-state index contributed by atoms with van der Waals surface area (Å²) in [5.74, 6) is 6.34. The molecule has 0 aliphatic carbocycles. The Bertz CT molecular complexity index is 468. The Morgan fingerprint density at radius 3 is 2.84 bits per heavy atom. The van der Waals surface area contributed by atoms with E-state index >= 15 is 0 Å². The average molecular weight is 279 g/mol. The molecule has 1 amide bonds. The predicted molar refractivity (Wildman–Crippen MR) is 78.7 cm³/mol. The molecule has 0 saturated heterocycles. The molecule has 0 aliphatic rings. The largest absolute Gasteiger partial charge is 0.395 e. The maximum absolute atomic E-state index is 11.8. The van der Waals surface area contributed by atoms with Crippen LogP contribution in [0.15, 0.2) is 11.4 Å². The fourth-order valence-corrected chi connectivity index (χ4v) is 2.15. The number of thiophene rings is 1. The van der Waals surface area contributed by atoms with Crippen LogP contribution in [0.5, 0.6) is 0 Å². The lowest BCUT2D eigenvalue weighted by Crippen LogP contribution is -2.31. The van der Waals surface area contributed by atoms with E-state index in [2.05, 4.69) is 17.2 Å². The first-order chi connectivity index (χ1) is 9.04. The van der Waals surface area contributed by atoms with Crippen molar-refractivity contribution in [3.63, 3.8) is 0 Å². The summed E-state index contributed by atoms with van der Waals surface area (Å²) in [5.41, 5.74) is 0.944. The second kappa shape index (κ2) is 7.98. The summed E-state index contributed by atoms with van der Waals surface area (Å²) < 4.78 is 0. The van der Waals surface area contributed by atoms with Gasteiger partial charge in [0.25, 0.3) is 0 Å². The quantitative estimate of drug-likeness (QED) is 0.813. The number of hydrogen-bond donors (Lipinski definition) is 2. The molecular formula is C15H21NO2S. The first-order valence-electron chi connectivity index (χ1n) is 6.49. The zero-order chi connectivity index (χ0) is 14.3. The molecule has 19 heavy (non-hydrogen) atoms. The molecule has 3 nitrogen and oxygen atoms in total. The minimum atomic E-state index is 0.0313. The van der Waals surface area contributed by atoms with E-state index in [0.29, 0.717) is 18.9 Å². The van der Waals surface area contributed by atoms with Crippen LogP contribution in [0.4, 0.5) is 0 Å². The maximum Gasteiger partial charge on any atom is 0.223 e. The minimum Gasteiger partial charge on any atom is -0.395 e. The first kappa shape index (κ1) is 15.7. The minimum absolute atomic E-state index is 0.0313. The van der Waals surface area contributed by atoms with Gasteiger partial charge in [0, 0.05) is 28.2 Å². The Kier molecular flexibility index (Phi) is 6.61. The standard InChI is InChI=1S/C15H21NO2S/c1-11(2)12(3)15(18)16-9-14-8-13(10-19-14)6-4-5-7-17/h8,10-12,17H,5,7,9H2,1-3H3,(H,16,18). The van der Waals surface area contributed by atoms with Gasteiger partial charge in [-0.05, 0) is 12.0 Å². The van der Waals surface area contributed by atoms with E-state index < -0.39 is 0 Å². The molecule has 2 N–H and O–H groups in total. The topological polar surface area (TPSA) is 49.3 Å². The predicted octanol–water partition coefficient (Wildman–Crippen LogP) is 2.39. The summed E-state index contributed by atoms with van der Waals surface area (Å²) in [7, 11) is 0. The van der Waals surface area contributed by atoms with Gasteiger partial charge in [-0.15, -0.1) is 11.3 Å². The fourth-order valence-electron chi connectivity index (χ4n) is 1.40. The van der Waals surface area contributed by atoms with Gasteiger partial charge in [0.1, 0.15) is 0 Å². The van der Waals surface area contributed by atoms with E-state index in [4.69, 9.17) is 5.11 Å². The lowest BCUT2D eigenvalue weighted by atomic mass is 9.97. The zero-order valence-electron chi connectivity index (χ0n) is 11.7. The van der Waals surface area contributed by atoms with Gasteiger partial charge in [0.2, 0.25) is 5.91 Å². The molecule has 0 aromatic carbocycles. The number of rotatable bonds is 5. The van der Waals surface area contributed by atoms with E-state index in [1.54, 1.807) is 11.3 Å². The number of aliphatic hydroxyl groups excluding tert-OH is 1. The Labute approximate surface area is 119 Å². The highest BCUT2D eigenvalue weighted by Gasteiger charge is 2.16. The van der Waals surface area contributed by atoms with Crippen LogP contribution in [-0.4, -0.2) is 17.6 Å². The van der Waals surface area contributed by atoms with Gasteiger partial charge >= 0.3 is 0 Å². The van der Waals surface area contributed by atoms with Gasteiger partial charge < -0.3 is 10.4 Å². The van der Waals surface area contributed by atoms with Crippen LogP contribution in [0.2, 0.25) is 0 Å². The van der Waals surface area contributed by atoms with Crippen molar-refractivity contribution in [2.75, 3.05) is 6.61 Å². The van der Waals surface area contributed by atoms with Crippen molar-refractivity contribution in [3.05, 3.63) is 21.9 Å². The van der Waals surface area contributed by atoms with Gasteiger partial charge in [-0.1, -0.05) is 32.6 Å². The van der Waals surface area contributed by atoms with E-state index in [9.17, 15) is 4.79 Å². The van der Waals surface area contributed by atoms with Gasteiger partial charge in [0.05, 0.1) is 13.2 Å². The van der Waals surface area contributed by atoms with E-state index in [-0.39, 0.29) is 18.4 Å². The highest BCUT2D eigenvalue weighted by molar-refractivity contribution is 7.10. The number of carbonyl (C=O) groups is 1. The molecular weight excluding hydrogens is 258 g/mol. The molecule has 4 heteroatoms. The van der Waals surface area contributed by atoms with Crippen molar-refractivity contribution in [3.8, 4) is 11.8 Å².